The van der Waals surface area contributed by atoms with E-state index < -0.39 is 0 Å². The van der Waals surface area contributed by atoms with Gasteiger partial charge in [-0.1, -0.05) is 0 Å². The lowest BCUT2D eigenvalue weighted by Gasteiger charge is -2.08. The van der Waals surface area contributed by atoms with Crippen LogP contribution in [0, 0.1) is 6.92 Å². The molecule has 0 aliphatic carbocycles. The minimum absolute atomic E-state index is 0.312. The third kappa shape index (κ3) is 2.70. The normalized spacial score (nSPS) is 9.75. The maximum atomic E-state index is 11.8. The van der Waals surface area contributed by atoms with Crippen LogP contribution < -0.4 is 16.2 Å². The van der Waals surface area contributed by atoms with Gasteiger partial charge in [-0.3, -0.25) is 20.3 Å². The van der Waals surface area contributed by atoms with Crippen molar-refractivity contribution in [2.24, 2.45) is 7.05 Å². The topological polar surface area (TPSA) is 71.0 Å². The molecule has 1 amide bonds. The molecule has 0 unspecified atom stereocenters. The molecule has 16 heavy (non-hydrogen) atoms. The van der Waals surface area contributed by atoms with E-state index in [1.807, 2.05) is 6.92 Å². The number of amides is 1. The van der Waals surface area contributed by atoms with Crippen LogP contribution in [-0.2, 0) is 7.05 Å². The molecule has 1 aromatic heterocycles. The molecule has 0 aromatic carbocycles. The van der Waals surface area contributed by atoms with E-state index in [9.17, 15) is 4.79 Å². The van der Waals surface area contributed by atoms with Crippen molar-refractivity contribution in [1.29, 1.82) is 0 Å². The van der Waals surface area contributed by atoms with Crippen molar-refractivity contribution in [3.05, 3.63) is 15.9 Å². The maximum absolute atomic E-state index is 11.8. The average molecular weight is 306 g/mol. The van der Waals surface area contributed by atoms with E-state index in [2.05, 4.69) is 37.2 Å². The highest BCUT2D eigenvalue weighted by Crippen LogP contribution is 2.19. The summed E-state index contributed by atoms with van der Waals surface area (Å²) in [4.78, 5) is 11.8. The third-order valence-corrected chi connectivity index (χ3v) is 3.14. The predicted octanol–water partition coefficient (Wildman–Crippen LogP) is 0.230. The fourth-order valence-corrected chi connectivity index (χ4v) is 1.68. The molecule has 0 aliphatic rings. The number of hydrogen-bond donors (Lipinski definition) is 3. The van der Waals surface area contributed by atoms with Crippen LogP contribution in [0.15, 0.2) is 4.47 Å². The van der Waals surface area contributed by atoms with Gasteiger partial charge >= 0.3 is 0 Å². The molecule has 0 bridgehead atoms. The van der Waals surface area contributed by atoms with Crippen molar-refractivity contribution in [3.63, 3.8) is 0 Å². The number of aryl methyl sites for hydroxylation is 2. The summed E-state index contributed by atoms with van der Waals surface area (Å²) in [6, 6.07) is 0. The molecule has 8 heteroatoms. The van der Waals surface area contributed by atoms with Gasteiger partial charge in [0.1, 0.15) is 5.69 Å². The standard InChI is InChI=1S/C8H12BrN5OS/c1-4-5(9)6(14(3)13-4)7(15)11-12-8(16)10-2/h1-3H3,(H,11,15)(H2,10,12,16). The number of hydrogen-bond acceptors (Lipinski definition) is 3. The molecular formula is C8H12BrN5OS. The number of rotatable bonds is 1. The van der Waals surface area contributed by atoms with Crippen LogP contribution >= 0.6 is 28.1 Å². The molecule has 0 radical (unpaired) electrons. The number of halogens is 1. The Morgan fingerprint density at radius 3 is 2.56 bits per heavy atom. The van der Waals surface area contributed by atoms with E-state index in [1.54, 1.807) is 14.1 Å². The largest absolute Gasteiger partial charge is 0.364 e. The second-order valence-electron chi connectivity index (χ2n) is 3.03. The highest BCUT2D eigenvalue weighted by Gasteiger charge is 2.17. The summed E-state index contributed by atoms with van der Waals surface area (Å²) in [5.41, 5.74) is 6.20. The zero-order valence-corrected chi connectivity index (χ0v) is 11.5. The number of carbonyl (C=O) groups excluding carboxylic acids is 1. The third-order valence-electron chi connectivity index (χ3n) is 1.88. The Bertz CT molecular complexity index is 430. The minimum atomic E-state index is -0.312. The van der Waals surface area contributed by atoms with E-state index >= 15 is 0 Å². The Labute approximate surface area is 107 Å². The van der Waals surface area contributed by atoms with Crippen LogP contribution in [0.2, 0.25) is 0 Å². The average Bonchev–Trinajstić information content (AvgIpc) is 2.49. The van der Waals surface area contributed by atoms with Gasteiger partial charge in [0.25, 0.3) is 5.91 Å². The van der Waals surface area contributed by atoms with Gasteiger partial charge < -0.3 is 5.32 Å². The molecule has 1 heterocycles. The number of thiocarbonyl (C=S) groups is 1. The fourth-order valence-electron chi connectivity index (χ4n) is 1.11. The maximum Gasteiger partial charge on any atom is 0.289 e. The molecule has 3 N–H and O–H groups in total. The van der Waals surface area contributed by atoms with Crippen molar-refractivity contribution in [2.45, 2.75) is 6.92 Å². The Morgan fingerprint density at radius 2 is 2.12 bits per heavy atom. The van der Waals surface area contributed by atoms with Crippen LogP contribution in [0.1, 0.15) is 16.2 Å². The quantitative estimate of drug-likeness (QED) is 0.512. The van der Waals surface area contributed by atoms with E-state index in [1.165, 1.54) is 4.68 Å². The molecule has 0 spiro atoms. The lowest BCUT2D eigenvalue weighted by Crippen LogP contribution is -2.46. The summed E-state index contributed by atoms with van der Waals surface area (Å²) in [7, 11) is 3.36. The van der Waals surface area contributed by atoms with Crippen molar-refractivity contribution in [3.8, 4) is 0 Å². The molecular weight excluding hydrogens is 294 g/mol. The summed E-state index contributed by atoms with van der Waals surface area (Å²) in [6.07, 6.45) is 0. The van der Waals surface area contributed by atoms with Gasteiger partial charge in [-0.2, -0.15) is 5.10 Å². The summed E-state index contributed by atoms with van der Waals surface area (Å²) in [5.74, 6) is -0.312. The van der Waals surface area contributed by atoms with Crippen molar-refractivity contribution < 1.29 is 4.79 Å². The first kappa shape index (κ1) is 12.9. The van der Waals surface area contributed by atoms with E-state index in [4.69, 9.17) is 12.2 Å². The summed E-state index contributed by atoms with van der Waals surface area (Å²) < 4.78 is 2.17. The Hall–Kier alpha value is -1.15. The van der Waals surface area contributed by atoms with Crippen LogP contribution in [0.4, 0.5) is 0 Å². The number of carbonyl (C=O) groups is 1. The predicted molar refractivity (Wildman–Crippen MR) is 67.9 cm³/mol. The first-order valence-corrected chi connectivity index (χ1v) is 5.64. The van der Waals surface area contributed by atoms with Crippen LogP contribution in [0.3, 0.4) is 0 Å². The van der Waals surface area contributed by atoms with Crippen LogP contribution in [0.5, 0.6) is 0 Å². The Morgan fingerprint density at radius 1 is 1.50 bits per heavy atom. The zero-order chi connectivity index (χ0) is 12.3. The highest BCUT2D eigenvalue weighted by atomic mass is 79.9. The fraction of sp³-hybridized carbons (Fsp3) is 0.375. The summed E-state index contributed by atoms with van der Waals surface area (Å²) in [6.45, 7) is 1.81. The SMILES string of the molecule is CNC(=S)NNC(=O)c1c(Br)c(C)nn1C. The molecule has 88 valence electrons. The zero-order valence-electron chi connectivity index (χ0n) is 9.09. The molecule has 6 nitrogen and oxygen atoms in total. The Kier molecular flexibility index (Phi) is 4.25. The van der Waals surface area contributed by atoms with Gasteiger partial charge in [-0.15, -0.1) is 0 Å². The molecule has 0 aliphatic heterocycles. The highest BCUT2D eigenvalue weighted by molar-refractivity contribution is 9.10. The number of nitrogens with one attached hydrogen (secondary N) is 3. The number of aromatic nitrogens is 2. The second-order valence-corrected chi connectivity index (χ2v) is 4.23. The smallest absolute Gasteiger partial charge is 0.289 e. The molecule has 1 aromatic rings. The van der Waals surface area contributed by atoms with Crippen molar-refractivity contribution in [1.82, 2.24) is 25.9 Å². The number of hydrazine groups is 1. The van der Waals surface area contributed by atoms with Crippen molar-refractivity contribution in [2.75, 3.05) is 7.05 Å². The molecule has 0 saturated carbocycles. The minimum Gasteiger partial charge on any atom is -0.364 e. The van der Waals surface area contributed by atoms with Gasteiger partial charge in [0.2, 0.25) is 0 Å². The van der Waals surface area contributed by atoms with E-state index in [-0.39, 0.29) is 5.91 Å². The molecule has 0 fully saturated rings. The number of nitrogens with zero attached hydrogens (tertiary/aromatic N) is 2. The van der Waals surface area contributed by atoms with E-state index in [0.717, 1.165) is 5.69 Å². The van der Waals surface area contributed by atoms with E-state index in [0.29, 0.717) is 15.3 Å². The van der Waals surface area contributed by atoms with Crippen LogP contribution in [-0.4, -0.2) is 27.8 Å². The molecule has 0 atom stereocenters. The molecule has 1 rings (SSSR count). The summed E-state index contributed by atoms with van der Waals surface area (Å²) >= 11 is 8.13. The first-order chi connectivity index (χ1) is 7.47. The van der Waals surface area contributed by atoms with Crippen molar-refractivity contribution >= 4 is 39.2 Å². The summed E-state index contributed by atoms with van der Waals surface area (Å²) in [5, 5.41) is 7.13. The van der Waals surface area contributed by atoms with Gasteiger partial charge in [0.05, 0.1) is 10.2 Å². The lowest BCUT2D eigenvalue weighted by molar-refractivity contribution is 0.0933. The second kappa shape index (κ2) is 5.26. The first-order valence-electron chi connectivity index (χ1n) is 4.44. The van der Waals surface area contributed by atoms with Gasteiger partial charge in [0, 0.05) is 14.1 Å². The lowest BCUT2D eigenvalue weighted by atomic mass is 10.3. The monoisotopic (exact) mass is 305 g/mol. The Balaban J connectivity index is 2.77. The molecule has 0 saturated heterocycles. The van der Waals surface area contributed by atoms with Gasteiger partial charge in [-0.05, 0) is 35.1 Å². The van der Waals surface area contributed by atoms with Gasteiger partial charge in [-0.25, -0.2) is 0 Å². The van der Waals surface area contributed by atoms with Gasteiger partial charge in [0.15, 0.2) is 5.11 Å². The van der Waals surface area contributed by atoms with Crippen LogP contribution in [0.25, 0.3) is 0 Å².